The van der Waals surface area contributed by atoms with E-state index in [-0.39, 0.29) is 0 Å². The molecule has 108 valence electrons. The van der Waals surface area contributed by atoms with Gasteiger partial charge in [-0.1, -0.05) is 15.9 Å². The molecule has 0 saturated heterocycles. The van der Waals surface area contributed by atoms with Crippen molar-refractivity contribution in [1.29, 1.82) is 0 Å². The predicted octanol–water partition coefficient (Wildman–Crippen LogP) is 6.24. The van der Waals surface area contributed by atoms with E-state index in [4.69, 9.17) is 4.98 Å². The molecule has 3 rings (SSSR count). The van der Waals surface area contributed by atoms with Crippen LogP contribution >= 0.6 is 47.8 Å². The zero-order chi connectivity index (χ0) is 15.3. The fourth-order valence-corrected chi connectivity index (χ4v) is 5.16. The van der Waals surface area contributed by atoms with Crippen LogP contribution < -0.4 is 0 Å². The Morgan fingerprint density at radius 1 is 0.952 bits per heavy atom. The van der Waals surface area contributed by atoms with Crippen molar-refractivity contribution in [2.45, 2.75) is 20.8 Å². The second-order valence-corrected chi connectivity index (χ2v) is 7.71. The van der Waals surface area contributed by atoms with Crippen LogP contribution in [-0.4, -0.2) is 9.55 Å². The lowest BCUT2D eigenvalue weighted by Crippen LogP contribution is -2.01. The van der Waals surface area contributed by atoms with Gasteiger partial charge in [0.1, 0.15) is 5.65 Å². The molecule has 0 spiro atoms. The SMILES string of the molecule is Cc1ccc2c(C)c(C)n(-c3c(Br)cc(Br)cc3Br)c2n1. The summed E-state index contributed by atoms with van der Waals surface area (Å²) in [5.74, 6) is 0. The largest absolute Gasteiger partial charge is 0.296 e. The third-order valence-electron chi connectivity index (χ3n) is 3.71. The molecule has 2 nitrogen and oxygen atoms in total. The third kappa shape index (κ3) is 2.49. The van der Waals surface area contributed by atoms with Gasteiger partial charge in [0.2, 0.25) is 0 Å². The van der Waals surface area contributed by atoms with Gasteiger partial charge in [-0.05, 0) is 82.5 Å². The molecule has 0 aliphatic heterocycles. The van der Waals surface area contributed by atoms with Crippen LogP contribution in [0.2, 0.25) is 0 Å². The van der Waals surface area contributed by atoms with E-state index in [1.54, 1.807) is 0 Å². The average Bonchev–Trinajstić information content (AvgIpc) is 2.62. The Morgan fingerprint density at radius 3 is 2.19 bits per heavy atom. The fraction of sp³-hybridized carbons (Fsp3) is 0.188. The molecule has 0 N–H and O–H groups in total. The maximum absolute atomic E-state index is 4.75. The normalized spacial score (nSPS) is 11.3. The molecule has 0 bridgehead atoms. The molecule has 2 heterocycles. The van der Waals surface area contributed by atoms with Crippen LogP contribution in [0.25, 0.3) is 16.7 Å². The maximum atomic E-state index is 4.75. The average molecular weight is 473 g/mol. The van der Waals surface area contributed by atoms with Gasteiger partial charge in [-0.3, -0.25) is 4.57 Å². The van der Waals surface area contributed by atoms with Gasteiger partial charge in [-0.2, -0.15) is 0 Å². The van der Waals surface area contributed by atoms with Crippen LogP contribution in [-0.2, 0) is 0 Å². The van der Waals surface area contributed by atoms with Gasteiger partial charge in [0, 0.05) is 30.2 Å². The third-order valence-corrected chi connectivity index (χ3v) is 5.38. The van der Waals surface area contributed by atoms with Gasteiger partial charge in [0.15, 0.2) is 0 Å². The highest BCUT2D eigenvalue weighted by Gasteiger charge is 2.18. The number of hydrogen-bond acceptors (Lipinski definition) is 1. The summed E-state index contributed by atoms with van der Waals surface area (Å²) in [6.45, 7) is 6.30. The van der Waals surface area contributed by atoms with Crippen molar-refractivity contribution in [3.05, 3.63) is 54.6 Å². The molecule has 1 aromatic carbocycles. The minimum Gasteiger partial charge on any atom is -0.296 e. The number of halogens is 3. The van der Waals surface area contributed by atoms with Gasteiger partial charge in [-0.15, -0.1) is 0 Å². The van der Waals surface area contributed by atoms with Gasteiger partial charge in [0.05, 0.1) is 5.69 Å². The van der Waals surface area contributed by atoms with Gasteiger partial charge >= 0.3 is 0 Å². The number of nitrogens with zero attached hydrogens (tertiary/aromatic N) is 2. The molecule has 0 unspecified atom stereocenters. The molecule has 0 amide bonds. The summed E-state index contributed by atoms with van der Waals surface area (Å²) in [5, 5.41) is 1.19. The van der Waals surface area contributed by atoms with Crippen LogP contribution in [0.5, 0.6) is 0 Å². The van der Waals surface area contributed by atoms with E-state index < -0.39 is 0 Å². The molecule has 0 fully saturated rings. The second-order valence-electron chi connectivity index (χ2n) is 5.09. The van der Waals surface area contributed by atoms with E-state index in [9.17, 15) is 0 Å². The van der Waals surface area contributed by atoms with Crippen LogP contribution in [0.15, 0.2) is 37.7 Å². The van der Waals surface area contributed by atoms with Crippen LogP contribution in [0.1, 0.15) is 17.0 Å². The molecular weight excluding hydrogens is 460 g/mol. The van der Waals surface area contributed by atoms with Crippen molar-refractivity contribution < 1.29 is 0 Å². The first kappa shape index (κ1) is 15.3. The van der Waals surface area contributed by atoms with Crippen molar-refractivity contribution in [3.63, 3.8) is 0 Å². The quantitative estimate of drug-likeness (QED) is 0.410. The molecule has 0 aliphatic carbocycles. The van der Waals surface area contributed by atoms with Gasteiger partial charge in [-0.25, -0.2) is 4.98 Å². The lowest BCUT2D eigenvalue weighted by Gasteiger charge is -2.13. The van der Waals surface area contributed by atoms with Crippen molar-refractivity contribution in [1.82, 2.24) is 9.55 Å². The Kier molecular flexibility index (Phi) is 4.01. The summed E-state index contributed by atoms with van der Waals surface area (Å²) in [5.41, 5.74) is 5.55. The summed E-state index contributed by atoms with van der Waals surface area (Å²) in [6, 6.07) is 8.31. The number of aromatic nitrogens is 2. The first-order chi connectivity index (χ1) is 9.90. The summed E-state index contributed by atoms with van der Waals surface area (Å²) in [7, 11) is 0. The van der Waals surface area contributed by atoms with Crippen LogP contribution in [0.3, 0.4) is 0 Å². The minimum absolute atomic E-state index is 0.994. The van der Waals surface area contributed by atoms with Crippen LogP contribution in [0, 0.1) is 20.8 Å². The molecule has 21 heavy (non-hydrogen) atoms. The first-order valence-electron chi connectivity index (χ1n) is 6.50. The Balaban J connectivity index is 2.46. The summed E-state index contributed by atoms with van der Waals surface area (Å²) in [4.78, 5) is 4.75. The first-order valence-corrected chi connectivity index (χ1v) is 8.88. The standard InChI is InChI=1S/C16H13Br3N2/c1-8-4-5-12-9(2)10(3)21(16(12)20-8)15-13(18)6-11(17)7-14(15)19/h4-7H,1-3H3. The predicted molar refractivity (Wildman–Crippen MR) is 98.4 cm³/mol. The number of pyridine rings is 1. The maximum Gasteiger partial charge on any atom is 0.145 e. The Bertz CT molecular complexity index is 843. The molecule has 3 aromatic rings. The smallest absolute Gasteiger partial charge is 0.145 e. The van der Waals surface area contributed by atoms with E-state index >= 15 is 0 Å². The number of rotatable bonds is 1. The van der Waals surface area contributed by atoms with E-state index in [0.29, 0.717) is 0 Å². The highest BCUT2D eigenvalue weighted by molar-refractivity contribution is 9.11. The molecule has 0 aliphatic rings. The molecule has 0 saturated carbocycles. The number of benzene rings is 1. The Morgan fingerprint density at radius 2 is 1.57 bits per heavy atom. The lowest BCUT2D eigenvalue weighted by molar-refractivity contribution is 1.000. The van der Waals surface area contributed by atoms with Gasteiger partial charge < -0.3 is 0 Å². The Hall–Kier alpha value is -0.650. The van der Waals surface area contributed by atoms with Gasteiger partial charge in [0.25, 0.3) is 0 Å². The molecule has 0 atom stereocenters. The molecule has 0 radical (unpaired) electrons. The molecule has 5 heteroatoms. The zero-order valence-electron chi connectivity index (χ0n) is 11.8. The van der Waals surface area contributed by atoms with E-state index in [0.717, 1.165) is 30.4 Å². The highest BCUT2D eigenvalue weighted by atomic mass is 79.9. The molecule has 2 aromatic heterocycles. The highest BCUT2D eigenvalue weighted by Crippen LogP contribution is 2.37. The van der Waals surface area contributed by atoms with Crippen LogP contribution in [0.4, 0.5) is 0 Å². The van der Waals surface area contributed by atoms with E-state index in [1.165, 1.54) is 16.6 Å². The van der Waals surface area contributed by atoms with Crippen molar-refractivity contribution in [2.75, 3.05) is 0 Å². The summed E-state index contributed by atoms with van der Waals surface area (Å²) >= 11 is 10.9. The lowest BCUT2D eigenvalue weighted by atomic mass is 10.2. The van der Waals surface area contributed by atoms with Crippen molar-refractivity contribution in [2.24, 2.45) is 0 Å². The number of hydrogen-bond donors (Lipinski definition) is 0. The fourth-order valence-electron chi connectivity index (χ4n) is 2.55. The number of fused-ring (bicyclic) bond motifs is 1. The number of aryl methyl sites for hydroxylation is 2. The van der Waals surface area contributed by atoms with Crippen molar-refractivity contribution in [3.8, 4) is 5.69 Å². The molecular formula is C16H13Br3N2. The minimum atomic E-state index is 0.994. The Labute approximate surface area is 149 Å². The zero-order valence-corrected chi connectivity index (χ0v) is 16.6. The van der Waals surface area contributed by atoms with Crippen molar-refractivity contribution >= 4 is 58.8 Å². The second kappa shape index (κ2) is 5.52. The topological polar surface area (TPSA) is 17.8 Å². The van der Waals surface area contributed by atoms with E-state index in [1.807, 2.05) is 6.92 Å². The summed E-state index contributed by atoms with van der Waals surface area (Å²) in [6.07, 6.45) is 0. The summed E-state index contributed by atoms with van der Waals surface area (Å²) < 4.78 is 5.28. The van der Waals surface area contributed by atoms with E-state index in [2.05, 4.69) is 90.5 Å². The monoisotopic (exact) mass is 470 g/mol.